The zero-order chi connectivity index (χ0) is 20.1. The molecule has 1 aliphatic heterocycles. The quantitative estimate of drug-likeness (QED) is 0.345. The van der Waals surface area contributed by atoms with Gasteiger partial charge in [0.2, 0.25) is 0 Å². The second-order valence-electron chi connectivity index (χ2n) is 8.19. The molecular weight excluding hydrogens is 485 g/mol. The summed E-state index contributed by atoms with van der Waals surface area (Å²) in [5.74, 6) is 1.64. The molecular formula is C21H32ClIN5-. The van der Waals surface area contributed by atoms with Gasteiger partial charge in [-0.05, 0) is 0 Å². The molecule has 3 aliphatic rings. The number of hydrogen-bond acceptors (Lipinski definition) is 5. The summed E-state index contributed by atoms with van der Waals surface area (Å²) in [7, 11) is 0. The molecule has 0 atom stereocenters. The van der Waals surface area contributed by atoms with Gasteiger partial charge in [0.15, 0.2) is 0 Å². The van der Waals surface area contributed by atoms with Gasteiger partial charge < -0.3 is 0 Å². The third-order valence-corrected chi connectivity index (χ3v) is 7.82. The second kappa shape index (κ2) is 10.3. The van der Waals surface area contributed by atoms with Gasteiger partial charge >= 0.3 is 185 Å². The van der Waals surface area contributed by atoms with Gasteiger partial charge in [-0.1, -0.05) is 0 Å². The fourth-order valence-corrected chi connectivity index (χ4v) is 5.49. The molecule has 2 saturated carbocycles. The van der Waals surface area contributed by atoms with E-state index in [9.17, 15) is 0 Å². The number of nitrogens with one attached hydrogen (secondary N) is 1. The maximum absolute atomic E-state index is 6.65. The summed E-state index contributed by atoms with van der Waals surface area (Å²) in [4.78, 5) is 9.80. The molecule has 0 aromatic heterocycles. The van der Waals surface area contributed by atoms with Crippen LogP contribution in [0.3, 0.4) is 0 Å². The van der Waals surface area contributed by atoms with Gasteiger partial charge in [-0.2, -0.15) is 0 Å². The fraction of sp³-hybridized carbons (Fsp3) is 0.619. The van der Waals surface area contributed by atoms with E-state index in [0.29, 0.717) is 23.0 Å². The SMILES string of the molecule is CC(C)N=C(CC1CC1)C(=CN)C1=NC(NC2CCC(N)CC2)=C[I-]C=C1Cl. The molecule has 28 heavy (non-hydrogen) atoms. The van der Waals surface area contributed by atoms with E-state index in [1.807, 2.05) is 0 Å². The number of nitrogens with two attached hydrogens (primary N) is 2. The monoisotopic (exact) mass is 516 g/mol. The van der Waals surface area contributed by atoms with Crippen LogP contribution in [-0.2, 0) is 0 Å². The molecule has 1 heterocycles. The Morgan fingerprint density at radius 3 is 2.61 bits per heavy atom. The van der Waals surface area contributed by atoms with E-state index in [2.05, 4.69) is 27.3 Å². The van der Waals surface area contributed by atoms with Crippen molar-refractivity contribution >= 4 is 23.0 Å². The van der Waals surface area contributed by atoms with Gasteiger partial charge in [-0.25, -0.2) is 0 Å². The average molecular weight is 517 g/mol. The Hall–Kier alpha value is -0.860. The Morgan fingerprint density at radius 2 is 2.00 bits per heavy atom. The molecule has 2 aliphatic carbocycles. The number of nitrogens with zero attached hydrogens (tertiary/aromatic N) is 2. The Balaban J connectivity index is 1.82. The third kappa shape index (κ3) is 6.32. The Labute approximate surface area is 184 Å². The number of hydrogen-bond donors (Lipinski definition) is 3. The van der Waals surface area contributed by atoms with Gasteiger partial charge in [0, 0.05) is 0 Å². The number of halogens is 2. The van der Waals surface area contributed by atoms with Crippen molar-refractivity contribution in [2.45, 2.75) is 76.9 Å². The summed E-state index contributed by atoms with van der Waals surface area (Å²) in [6, 6.07) is 0.982. The minimum atomic E-state index is -0.297. The molecule has 7 heteroatoms. The molecule has 156 valence electrons. The normalized spacial score (nSPS) is 27.4. The van der Waals surface area contributed by atoms with Crippen LogP contribution in [0.1, 0.15) is 58.8 Å². The van der Waals surface area contributed by atoms with Gasteiger partial charge in [0.05, 0.1) is 0 Å². The van der Waals surface area contributed by atoms with Crippen LogP contribution >= 0.6 is 11.6 Å². The fourth-order valence-electron chi connectivity index (χ4n) is 3.57. The number of allylic oxidation sites excluding steroid dienone is 2. The molecule has 0 aromatic carbocycles. The Kier molecular flexibility index (Phi) is 8.00. The van der Waals surface area contributed by atoms with Gasteiger partial charge in [0.1, 0.15) is 0 Å². The third-order valence-electron chi connectivity index (χ3n) is 5.23. The molecule has 0 bridgehead atoms. The van der Waals surface area contributed by atoms with E-state index < -0.39 is 0 Å². The van der Waals surface area contributed by atoms with Crippen molar-refractivity contribution in [3.05, 3.63) is 30.8 Å². The number of aliphatic imine (C=N–C) groups is 2. The van der Waals surface area contributed by atoms with Crippen molar-refractivity contribution in [2.24, 2.45) is 27.4 Å². The first kappa shape index (κ1) is 21.8. The van der Waals surface area contributed by atoms with Crippen molar-refractivity contribution in [1.82, 2.24) is 5.32 Å². The van der Waals surface area contributed by atoms with Crippen molar-refractivity contribution in [2.75, 3.05) is 0 Å². The second-order valence-corrected chi connectivity index (χ2v) is 10.6. The van der Waals surface area contributed by atoms with Crippen molar-refractivity contribution in [3.63, 3.8) is 0 Å². The van der Waals surface area contributed by atoms with Crippen LogP contribution in [0.5, 0.6) is 0 Å². The first-order valence-electron chi connectivity index (χ1n) is 10.2. The zero-order valence-electron chi connectivity index (χ0n) is 16.8. The Morgan fingerprint density at radius 1 is 1.29 bits per heavy atom. The topological polar surface area (TPSA) is 88.8 Å². The van der Waals surface area contributed by atoms with E-state index >= 15 is 0 Å². The molecule has 2 fully saturated rings. The summed E-state index contributed by atoms with van der Waals surface area (Å²) in [6.45, 7) is 4.19. The van der Waals surface area contributed by atoms with E-state index in [4.69, 9.17) is 33.1 Å². The van der Waals surface area contributed by atoms with Gasteiger partial charge in [-0.15, -0.1) is 0 Å². The molecule has 0 amide bonds. The Bertz CT molecular complexity index is 710. The van der Waals surface area contributed by atoms with Crippen molar-refractivity contribution in [1.29, 1.82) is 0 Å². The van der Waals surface area contributed by atoms with Gasteiger partial charge in [0.25, 0.3) is 0 Å². The molecule has 0 aromatic rings. The standard InChI is InChI=1S/C21H32ClIN5/c1-13(2)26-19(9-14-3-4-14)17(12-24)21-18(22)10-23-11-20(28-21)27-16-7-5-15(25)6-8-16/h10-16,27H,3-9,24-25H2,1-2H3/q-1. The van der Waals surface area contributed by atoms with E-state index in [1.54, 1.807) is 6.20 Å². The summed E-state index contributed by atoms with van der Waals surface area (Å²) in [5, 5.41) is 4.32. The van der Waals surface area contributed by atoms with E-state index in [-0.39, 0.29) is 27.2 Å². The average Bonchev–Trinajstić information content (AvgIpc) is 3.47. The van der Waals surface area contributed by atoms with Crippen molar-refractivity contribution < 1.29 is 21.2 Å². The van der Waals surface area contributed by atoms with Crippen LogP contribution in [0.25, 0.3) is 0 Å². The van der Waals surface area contributed by atoms with Crippen LogP contribution < -0.4 is 38.0 Å². The predicted molar refractivity (Wildman–Crippen MR) is 115 cm³/mol. The van der Waals surface area contributed by atoms with Crippen LogP contribution in [0.4, 0.5) is 0 Å². The summed E-state index contributed by atoms with van der Waals surface area (Å²) < 4.78 is 4.31. The van der Waals surface area contributed by atoms with Crippen LogP contribution in [-0.4, -0.2) is 29.5 Å². The summed E-state index contributed by atoms with van der Waals surface area (Å²) in [6.07, 6.45) is 9.44. The first-order valence-corrected chi connectivity index (χ1v) is 13.1. The van der Waals surface area contributed by atoms with E-state index in [0.717, 1.165) is 54.9 Å². The predicted octanol–water partition coefficient (Wildman–Crippen LogP) is 0.761. The molecule has 3 rings (SSSR count). The van der Waals surface area contributed by atoms with Gasteiger partial charge in [-0.3, -0.25) is 0 Å². The molecule has 0 unspecified atom stereocenters. The molecule has 0 saturated heterocycles. The molecule has 0 radical (unpaired) electrons. The number of rotatable bonds is 7. The van der Waals surface area contributed by atoms with Crippen LogP contribution in [0, 0.1) is 5.92 Å². The summed E-state index contributed by atoms with van der Waals surface area (Å²) >= 11 is 6.35. The first-order chi connectivity index (χ1) is 13.5. The molecule has 0 spiro atoms. The maximum atomic E-state index is 6.65. The van der Waals surface area contributed by atoms with Crippen LogP contribution in [0.2, 0.25) is 0 Å². The zero-order valence-corrected chi connectivity index (χ0v) is 19.7. The molecule has 5 N–H and O–H groups in total. The van der Waals surface area contributed by atoms with Crippen LogP contribution in [0.15, 0.2) is 40.8 Å². The van der Waals surface area contributed by atoms with E-state index in [1.165, 1.54) is 12.8 Å². The van der Waals surface area contributed by atoms with Crippen molar-refractivity contribution in [3.8, 4) is 0 Å². The molecule has 5 nitrogen and oxygen atoms in total. The summed E-state index contributed by atoms with van der Waals surface area (Å²) in [5.41, 5.74) is 14.8. The minimum absolute atomic E-state index is 0.213.